The molecule has 0 bridgehead atoms. The molecule has 2 amide bonds. The maximum absolute atomic E-state index is 11.4. The predicted molar refractivity (Wildman–Crippen MR) is 58.8 cm³/mol. The Hall–Kier alpha value is -1.34. The van der Waals surface area contributed by atoms with Gasteiger partial charge >= 0.3 is 12.0 Å². The highest BCUT2D eigenvalue weighted by atomic mass is 16.5. The first-order valence-electron chi connectivity index (χ1n) is 5.51. The van der Waals surface area contributed by atoms with Gasteiger partial charge in [-0.3, -0.25) is 0 Å². The summed E-state index contributed by atoms with van der Waals surface area (Å²) in [6.45, 7) is 1.04. The number of carbonyl (C=O) groups excluding carboxylic acids is 1. The number of hydrogen-bond acceptors (Lipinski definition) is 4. The molecular weight excluding hydrogens is 228 g/mol. The van der Waals surface area contributed by atoms with Crippen LogP contribution in [0.2, 0.25) is 0 Å². The van der Waals surface area contributed by atoms with Crippen LogP contribution in [0.15, 0.2) is 0 Å². The molecule has 1 aliphatic heterocycles. The van der Waals surface area contributed by atoms with Crippen molar-refractivity contribution < 1.29 is 24.2 Å². The zero-order valence-corrected chi connectivity index (χ0v) is 9.77. The molecular formula is C10H18N2O5. The van der Waals surface area contributed by atoms with E-state index in [1.807, 2.05) is 0 Å². The molecule has 7 nitrogen and oxygen atoms in total. The number of carboxylic acid groups (broad SMARTS) is 1. The molecule has 1 rings (SSSR count). The molecule has 0 radical (unpaired) electrons. The lowest BCUT2D eigenvalue weighted by Gasteiger charge is -2.15. The molecule has 17 heavy (non-hydrogen) atoms. The number of carboxylic acids is 1. The molecule has 0 aromatic carbocycles. The molecule has 2 unspecified atom stereocenters. The van der Waals surface area contributed by atoms with Crippen LogP contribution in [-0.4, -0.2) is 56.1 Å². The third-order valence-electron chi connectivity index (χ3n) is 2.45. The number of hydrogen-bond donors (Lipinski definition) is 3. The first kappa shape index (κ1) is 13.7. The summed E-state index contributed by atoms with van der Waals surface area (Å²) in [7, 11) is 1.38. The van der Waals surface area contributed by atoms with E-state index in [4.69, 9.17) is 14.6 Å². The Balaban J connectivity index is 2.23. The minimum Gasteiger partial charge on any atom is -0.480 e. The topological polar surface area (TPSA) is 96.9 Å². The molecule has 1 fully saturated rings. The summed E-state index contributed by atoms with van der Waals surface area (Å²) in [6.07, 6.45) is 1.95. The largest absolute Gasteiger partial charge is 0.480 e. The molecule has 1 aliphatic rings. The van der Waals surface area contributed by atoms with E-state index in [1.54, 1.807) is 0 Å². The van der Waals surface area contributed by atoms with Crippen LogP contribution < -0.4 is 10.6 Å². The first-order chi connectivity index (χ1) is 8.13. The van der Waals surface area contributed by atoms with Gasteiger partial charge in [0.2, 0.25) is 0 Å². The maximum atomic E-state index is 11.4. The van der Waals surface area contributed by atoms with Crippen LogP contribution in [0, 0.1) is 0 Å². The minimum atomic E-state index is -1.13. The summed E-state index contributed by atoms with van der Waals surface area (Å²) in [5.41, 5.74) is 0. The van der Waals surface area contributed by atoms with E-state index in [1.165, 1.54) is 7.11 Å². The lowest BCUT2D eigenvalue weighted by Crippen LogP contribution is -2.49. The summed E-state index contributed by atoms with van der Waals surface area (Å²) < 4.78 is 10.0. The SMILES string of the molecule is COCC(NC(=O)NCC1CCCO1)C(=O)O. The van der Waals surface area contributed by atoms with E-state index in [0.717, 1.165) is 19.4 Å². The summed E-state index contributed by atoms with van der Waals surface area (Å²) in [6, 6.07) is -1.56. The Labute approximate surface area is 99.5 Å². The number of ether oxygens (including phenoxy) is 2. The van der Waals surface area contributed by atoms with Crippen molar-refractivity contribution in [3.05, 3.63) is 0 Å². The summed E-state index contributed by atoms with van der Waals surface area (Å²) in [4.78, 5) is 22.1. The zero-order chi connectivity index (χ0) is 12.7. The van der Waals surface area contributed by atoms with Crippen LogP contribution in [0.3, 0.4) is 0 Å². The molecule has 0 saturated carbocycles. The molecule has 0 aromatic rings. The highest BCUT2D eigenvalue weighted by Crippen LogP contribution is 2.10. The van der Waals surface area contributed by atoms with Crippen molar-refractivity contribution >= 4 is 12.0 Å². The average molecular weight is 246 g/mol. The maximum Gasteiger partial charge on any atom is 0.328 e. The second kappa shape index (κ2) is 7.08. The fourth-order valence-electron chi connectivity index (χ4n) is 1.56. The van der Waals surface area contributed by atoms with Gasteiger partial charge in [0.15, 0.2) is 6.04 Å². The number of nitrogens with one attached hydrogen (secondary N) is 2. The fourth-order valence-corrected chi connectivity index (χ4v) is 1.56. The van der Waals surface area contributed by atoms with E-state index < -0.39 is 18.0 Å². The zero-order valence-electron chi connectivity index (χ0n) is 9.77. The highest BCUT2D eigenvalue weighted by Gasteiger charge is 2.21. The quantitative estimate of drug-likeness (QED) is 0.590. The molecule has 0 aliphatic carbocycles. The second-order valence-corrected chi connectivity index (χ2v) is 3.84. The van der Waals surface area contributed by atoms with Crippen molar-refractivity contribution in [2.24, 2.45) is 0 Å². The van der Waals surface area contributed by atoms with Crippen LogP contribution in [0.25, 0.3) is 0 Å². The Morgan fingerprint density at radius 2 is 2.35 bits per heavy atom. The molecule has 1 saturated heterocycles. The van der Waals surface area contributed by atoms with Gasteiger partial charge in [0, 0.05) is 20.3 Å². The number of carbonyl (C=O) groups is 2. The highest BCUT2D eigenvalue weighted by molar-refractivity contribution is 5.82. The molecule has 2 atom stereocenters. The lowest BCUT2D eigenvalue weighted by atomic mass is 10.2. The van der Waals surface area contributed by atoms with Crippen molar-refractivity contribution in [1.29, 1.82) is 0 Å². The van der Waals surface area contributed by atoms with Crippen molar-refractivity contribution in [1.82, 2.24) is 10.6 Å². The van der Waals surface area contributed by atoms with Crippen LogP contribution in [-0.2, 0) is 14.3 Å². The number of urea groups is 1. The molecule has 0 aromatic heterocycles. The molecule has 0 spiro atoms. The van der Waals surface area contributed by atoms with Gasteiger partial charge in [0.05, 0.1) is 12.7 Å². The van der Waals surface area contributed by atoms with Gasteiger partial charge in [-0.25, -0.2) is 9.59 Å². The van der Waals surface area contributed by atoms with Gasteiger partial charge in [0.25, 0.3) is 0 Å². The Kier molecular flexibility index (Phi) is 5.71. The van der Waals surface area contributed by atoms with Crippen molar-refractivity contribution in [3.63, 3.8) is 0 Å². The van der Waals surface area contributed by atoms with E-state index >= 15 is 0 Å². The summed E-state index contributed by atoms with van der Waals surface area (Å²) in [5.74, 6) is -1.13. The Bertz CT molecular complexity index is 265. The lowest BCUT2D eigenvalue weighted by molar-refractivity contribution is -0.140. The molecule has 3 N–H and O–H groups in total. The summed E-state index contributed by atoms with van der Waals surface area (Å²) in [5, 5.41) is 13.7. The smallest absolute Gasteiger partial charge is 0.328 e. The van der Waals surface area contributed by atoms with Gasteiger partial charge in [0.1, 0.15) is 0 Å². The van der Waals surface area contributed by atoms with E-state index in [9.17, 15) is 9.59 Å². The average Bonchev–Trinajstić information content (AvgIpc) is 2.78. The normalized spacial score (nSPS) is 20.9. The van der Waals surface area contributed by atoms with Gasteiger partial charge in [-0.1, -0.05) is 0 Å². The minimum absolute atomic E-state index is 0.0338. The predicted octanol–water partition coefficient (Wildman–Crippen LogP) is -0.436. The first-order valence-corrected chi connectivity index (χ1v) is 5.51. The monoisotopic (exact) mass is 246 g/mol. The fraction of sp³-hybridized carbons (Fsp3) is 0.800. The number of rotatable bonds is 6. The Morgan fingerprint density at radius 1 is 1.59 bits per heavy atom. The summed E-state index contributed by atoms with van der Waals surface area (Å²) >= 11 is 0. The third-order valence-corrected chi connectivity index (χ3v) is 2.45. The number of methoxy groups -OCH3 is 1. The Morgan fingerprint density at radius 3 is 2.88 bits per heavy atom. The van der Waals surface area contributed by atoms with Crippen LogP contribution in [0.1, 0.15) is 12.8 Å². The third kappa shape index (κ3) is 5.01. The van der Waals surface area contributed by atoms with Crippen LogP contribution >= 0.6 is 0 Å². The molecule has 7 heteroatoms. The molecule has 98 valence electrons. The molecule has 1 heterocycles. The standard InChI is InChI=1S/C10H18N2O5/c1-16-6-8(9(13)14)12-10(15)11-5-7-3-2-4-17-7/h7-8H,2-6H2,1H3,(H,13,14)(H2,11,12,15). The van der Waals surface area contributed by atoms with Gasteiger partial charge in [-0.2, -0.15) is 0 Å². The van der Waals surface area contributed by atoms with Crippen molar-refractivity contribution in [2.45, 2.75) is 25.0 Å². The van der Waals surface area contributed by atoms with Gasteiger partial charge in [-0.15, -0.1) is 0 Å². The van der Waals surface area contributed by atoms with Crippen LogP contribution in [0.5, 0.6) is 0 Å². The van der Waals surface area contributed by atoms with E-state index in [-0.39, 0.29) is 12.7 Å². The second-order valence-electron chi connectivity index (χ2n) is 3.84. The van der Waals surface area contributed by atoms with E-state index in [0.29, 0.717) is 6.54 Å². The van der Waals surface area contributed by atoms with Gasteiger partial charge < -0.3 is 25.2 Å². The number of amides is 2. The van der Waals surface area contributed by atoms with Gasteiger partial charge in [-0.05, 0) is 12.8 Å². The van der Waals surface area contributed by atoms with E-state index in [2.05, 4.69) is 10.6 Å². The van der Waals surface area contributed by atoms with Crippen LogP contribution in [0.4, 0.5) is 4.79 Å². The van der Waals surface area contributed by atoms with Crippen molar-refractivity contribution in [3.8, 4) is 0 Å². The van der Waals surface area contributed by atoms with Crippen molar-refractivity contribution in [2.75, 3.05) is 26.9 Å². The number of aliphatic carboxylic acids is 1.